The summed E-state index contributed by atoms with van der Waals surface area (Å²) in [5.41, 5.74) is 0.781. The van der Waals surface area contributed by atoms with Gasteiger partial charge in [-0.05, 0) is 25.7 Å². The van der Waals surface area contributed by atoms with Crippen molar-refractivity contribution in [2.75, 3.05) is 18.5 Å². The van der Waals surface area contributed by atoms with Gasteiger partial charge in [0.2, 0.25) is 0 Å². The van der Waals surface area contributed by atoms with Crippen molar-refractivity contribution in [2.24, 2.45) is 0 Å². The molecule has 0 bridgehead atoms. The number of aliphatic hydroxyl groups is 1. The molecule has 0 saturated heterocycles. The van der Waals surface area contributed by atoms with Gasteiger partial charge >= 0.3 is 0 Å². The lowest BCUT2D eigenvalue weighted by Crippen LogP contribution is -2.26. The minimum atomic E-state index is -0.273. The molecule has 0 spiro atoms. The van der Waals surface area contributed by atoms with Crippen molar-refractivity contribution in [2.45, 2.75) is 52.2 Å². The van der Waals surface area contributed by atoms with Gasteiger partial charge in [-0.15, -0.1) is 0 Å². The van der Waals surface area contributed by atoms with E-state index in [-0.39, 0.29) is 11.7 Å². The average Bonchev–Trinajstić information content (AvgIpc) is 2.40. The Bertz CT molecular complexity index is 431. The van der Waals surface area contributed by atoms with Crippen LogP contribution >= 0.6 is 0 Å². The highest BCUT2D eigenvalue weighted by Crippen LogP contribution is 2.07. The van der Waals surface area contributed by atoms with Gasteiger partial charge in [0.15, 0.2) is 0 Å². The van der Waals surface area contributed by atoms with Crippen LogP contribution in [0.2, 0.25) is 0 Å². The fraction of sp³-hybridized carbons (Fsp3) is 0.714. The molecule has 1 N–H and O–H groups in total. The maximum absolute atomic E-state index is 11.9. The highest BCUT2D eigenvalue weighted by atomic mass is 16.3. The van der Waals surface area contributed by atoms with Crippen LogP contribution in [0.15, 0.2) is 17.1 Å². The zero-order chi connectivity index (χ0) is 14.3. The van der Waals surface area contributed by atoms with Crippen LogP contribution in [-0.2, 0) is 6.54 Å². The van der Waals surface area contributed by atoms with Gasteiger partial charge in [-0.3, -0.25) is 4.79 Å². The molecule has 1 aromatic rings. The predicted molar refractivity (Wildman–Crippen MR) is 77.6 cm³/mol. The normalized spacial score (nSPS) is 12.4. The van der Waals surface area contributed by atoms with Crippen molar-refractivity contribution in [3.05, 3.63) is 22.6 Å². The molecule has 19 heavy (non-hydrogen) atoms. The lowest BCUT2D eigenvalue weighted by atomic mass is 10.1. The number of aromatic nitrogens is 2. The lowest BCUT2D eigenvalue weighted by molar-refractivity contribution is 0.155. The number of aryl methyl sites for hydroxylation is 1. The quantitative estimate of drug-likeness (QED) is 0.778. The molecule has 5 heteroatoms. The Hall–Kier alpha value is -1.36. The summed E-state index contributed by atoms with van der Waals surface area (Å²) < 4.78 is 1.46. The monoisotopic (exact) mass is 267 g/mol. The predicted octanol–water partition coefficient (Wildman–Crippen LogP) is 1.64. The molecular formula is C14H25N3O2. The molecule has 108 valence electrons. The maximum Gasteiger partial charge on any atom is 0.268 e. The Morgan fingerprint density at radius 1 is 1.47 bits per heavy atom. The molecule has 0 amide bonds. The summed E-state index contributed by atoms with van der Waals surface area (Å²) in [5.74, 6) is 0. The zero-order valence-electron chi connectivity index (χ0n) is 12.2. The molecule has 0 fully saturated rings. The van der Waals surface area contributed by atoms with E-state index < -0.39 is 0 Å². The van der Waals surface area contributed by atoms with Crippen LogP contribution in [0.1, 0.15) is 39.5 Å². The second-order valence-electron chi connectivity index (χ2n) is 4.90. The molecule has 1 atom stereocenters. The summed E-state index contributed by atoms with van der Waals surface area (Å²) in [6, 6.07) is 1.62. The van der Waals surface area contributed by atoms with E-state index in [0.29, 0.717) is 13.0 Å². The third-order valence-corrected chi connectivity index (χ3v) is 3.23. The number of hydrogen-bond acceptors (Lipinski definition) is 4. The molecule has 0 aliphatic rings. The summed E-state index contributed by atoms with van der Waals surface area (Å²) in [5, 5.41) is 13.7. The SMILES string of the molecule is CCCN(C)c1cnn(CCCC(O)CC)c(=O)c1. The third kappa shape index (κ3) is 5.03. The Kier molecular flexibility index (Phi) is 6.56. The Morgan fingerprint density at radius 3 is 2.79 bits per heavy atom. The molecule has 0 aromatic carbocycles. The number of hydrogen-bond donors (Lipinski definition) is 1. The third-order valence-electron chi connectivity index (χ3n) is 3.23. The van der Waals surface area contributed by atoms with Gasteiger partial charge < -0.3 is 10.0 Å². The summed E-state index contributed by atoms with van der Waals surface area (Å²) in [7, 11) is 1.96. The highest BCUT2D eigenvalue weighted by molar-refractivity contribution is 5.41. The van der Waals surface area contributed by atoms with Crippen LogP contribution in [0.4, 0.5) is 5.69 Å². The molecule has 1 rings (SSSR count). The van der Waals surface area contributed by atoms with E-state index in [9.17, 15) is 9.90 Å². The summed E-state index contributed by atoms with van der Waals surface area (Å²) in [6.07, 6.45) is 4.73. The fourth-order valence-electron chi connectivity index (χ4n) is 1.95. The molecule has 5 nitrogen and oxygen atoms in total. The molecular weight excluding hydrogens is 242 g/mol. The molecule has 0 aliphatic heterocycles. The van der Waals surface area contributed by atoms with Crippen molar-refractivity contribution >= 4 is 5.69 Å². The first-order valence-corrected chi connectivity index (χ1v) is 7.04. The smallest absolute Gasteiger partial charge is 0.268 e. The van der Waals surface area contributed by atoms with Gasteiger partial charge in [-0.2, -0.15) is 5.10 Å². The van der Waals surface area contributed by atoms with Gasteiger partial charge in [-0.25, -0.2) is 4.68 Å². The van der Waals surface area contributed by atoms with Gasteiger partial charge in [0.05, 0.1) is 18.0 Å². The first-order chi connectivity index (χ1) is 9.08. The molecule has 1 heterocycles. The number of anilines is 1. The second kappa shape index (κ2) is 7.94. The van der Waals surface area contributed by atoms with Crippen molar-refractivity contribution in [1.82, 2.24) is 9.78 Å². The van der Waals surface area contributed by atoms with E-state index in [1.54, 1.807) is 12.3 Å². The topological polar surface area (TPSA) is 58.4 Å². The average molecular weight is 267 g/mol. The Morgan fingerprint density at radius 2 is 2.21 bits per heavy atom. The van der Waals surface area contributed by atoms with Gasteiger partial charge in [0.1, 0.15) is 0 Å². The number of nitrogens with zero attached hydrogens (tertiary/aromatic N) is 3. The number of rotatable bonds is 8. The van der Waals surface area contributed by atoms with Crippen molar-refractivity contribution < 1.29 is 5.11 Å². The minimum absolute atomic E-state index is 0.0774. The van der Waals surface area contributed by atoms with E-state index in [0.717, 1.165) is 31.5 Å². The lowest BCUT2D eigenvalue weighted by Gasteiger charge is -2.17. The van der Waals surface area contributed by atoms with Crippen LogP contribution in [0, 0.1) is 0 Å². The molecule has 1 unspecified atom stereocenters. The first-order valence-electron chi connectivity index (χ1n) is 7.04. The molecule has 0 saturated carbocycles. The van der Waals surface area contributed by atoms with E-state index >= 15 is 0 Å². The van der Waals surface area contributed by atoms with E-state index in [1.165, 1.54) is 4.68 Å². The Balaban J connectivity index is 2.60. The van der Waals surface area contributed by atoms with E-state index in [2.05, 4.69) is 12.0 Å². The van der Waals surface area contributed by atoms with Gasteiger partial charge in [0, 0.05) is 26.2 Å². The summed E-state index contributed by atoms with van der Waals surface area (Å²) in [6.45, 7) is 5.53. The van der Waals surface area contributed by atoms with Crippen molar-refractivity contribution in [3.63, 3.8) is 0 Å². The maximum atomic E-state index is 11.9. The zero-order valence-corrected chi connectivity index (χ0v) is 12.2. The molecule has 1 aromatic heterocycles. The molecule has 0 aliphatic carbocycles. The van der Waals surface area contributed by atoms with Gasteiger partial charge in [0.25, 0.3) is 5.56 Å². The van der Waals surface area contributed by atoms with Gasteiger partial charge in [-0.1, -0.05) is 13.8 Å². The Labute approximate surface area is 114 Å². The van der Waals surface area contributed by atoms with E-state index in [1.807, 2.05) is 18.9 Å². The fourth-order valence-corrected chi connectivity index (χ4v) is 1.95. The van der Waals surface area contributed by atoms with Crippen molar-refractivity contribution in [1.29, 1.82) is 0 Å². The minimum Gasteiger partial charge on any atom is -0.393 e. The second-order valence-corrected chi connectivity index (χ2v) is 4.90. The summed E-state index contributed by atoms with van der Waals surface area (Å²) >= 11 is 0. The number of aliphatic hydroxyl groups excluding tert-OH is 1. The van der Waals surface area contributed by atoms with Crippen LogP contribution in [-0.4, -0.2) is 34.6 Å². The standard InChI is InChI=1S/C14H25N3O2/c1-4-8-16(3)12-10-14(19)17(15-11-12)9-6-7-13(18)5-2/h10-11,13,18H,4-9H2,1-3H3. The van der Waals surface area contributed by atoms with E-state index in [4.69, 9.17) is 0 Å². The van der Waals surface area contributed by atoms with Crippen LogP contribution in [0.5, 0.6) is 0 Å². The van der Waals surface area contributed by atoms with Crippen LogP contribution in [0.3, 0.4) is 0 Å². The summed E-state index contributed by atoms with van der Waals surface area (Å²) in [4.78, 5) is 13.9. The van der Waals surface area contributed by atoms with Crippen LogP contribution in [0.25, 0.3) is 0 Å². The van der Waals surface area contributed by atoms with Crippen LogP contribution < -0.4 is 10.5 Å². The highest BCUT2D eigenvalue weighted by Gasteiger charge is 2.05. The molecule has 0 radical (unpaired) electrons. The first kappa shape index (κ1) is 15.7. The van der Waals surface area contributed by atoms with Crippen molar-refractivity contribution in [3.8, 4) is 0 Å². The largest absolute Gasteiger partial charge is 0.393 e.